The second-order valence-electron chi connectivity index (χ2n) is 2.41. The van der Waals surface area contributed by atoms with Crippen molar-refractivity contribution in [3.05, 3.63) is 0 Å². The van der Waals surface area contributed by atoms with Crippen LogP contribution in [0.15, 0.2) is 0 Å². The van der Waals surface area contributed by atoms with Crippen LogP contribution in [-0.4, -0.2) is 29.0 Å². The van der Waals surface area contributed by atoms with Gasteiger partial charge >= 0.3 is 5.97 Å². The first-order valence-electron chi connectivity index (χ1n) is 3.63. The molecule has 0 heterocycles. The number of rotatable bonds is 4. The average Bonchev–Trinajstić information content (AvgIpc) is 1.98. The summed E-state index contributed by atoms with van der Waals surface area (Å²) in [4.78, 5) is 20.1. The molecule has 1 atom stereocenters. The van der Waals surface area contributed by atoms with E-state index in [0.29, 0.717) is 0 Å². The quantitative estimate of drug-likeness (QED) is 0.218. The third-order valence-electron chi connectivity index (χ3n) is 1.02. The number of aliphatic carboxylic acids is 1. The first-order chi connectivity index (χ1) is 6.27. The van der Waals surface area contributed by atoms with Crippen molar-refractivity contribution < 1.29 is 14.7 Å². The zero-order valence-electron chi connectivity index (χ0n) is 7.56. The van der Waals surface area contributed by atoms with Crippen molar-refractivity contribution in [2.75, 3.05) is 0 Å². The Bertz CT molecular complexity index is 214. The number of hydrogen-bond donors (Lipinski definition) is 6. The van der Waals surface area contributed by atoms with E-state index in [2.05, 4.69) is 11.5 Å². The van der Waals surface area contributed by atoms with E-state index in [1.54, 1.807) is 0 Å². The molecule has 0 aliphatic heterocycles. The van der Waals surface area contributed by atoms with Crippen molar-refractivity contribution in [2.24, 2.45) is 22.9 Å². The maximum atomic E-state index is 10.1. The molecule has 0 rings (SSSR count). The molecule has 0 unspecified atom stereocenters. The maximum Gasteiger partial charge on any atom is 0.320 e. The van der Waals surface area contributed by atoms with Gasteiger partial charge in [-0.2, -0.15) is 0 Å². The van der Waals surface area contributed by atoms with Gasteiger partial charge < -0.3 is 28.0 Å². The summed E-state index contributed by atoms with van der Waals surface area (Å²) >= 11 is 0. The van der Waals surface area contributed by atoms with Gasteiger partial charge in [0.2, 0.25) is 5.91 Å². The van der Waals surface area contributed by atoms with Crippen molar-refractivity contribution >= 4 is 17.8 Å². The van der Waals surface area contributed by atoms with Gasteiger partial charge in [0.15, 0.2) is 5.96 Å². The Morgan fingerprint density at radius 2 is 1.64 bits per heavy atom. The van der Waals surface area contributed by atoms with Gasteiger partial charge in [-0.25, -0.2) is 0 Å². The summed E-state index contributed by atoms with van der Waals surface area (Å²) in [5.41, 5.74) is 18.8. The van der Waals surface area contributed by atoms with Crippen molar-refractivity contribution in [3.8, 4) is 0 Å². The Morgan fingerprint density at radius 3 is 1.86 bits per heavy atom. The first-order valence-corrected chi connectivity index (χ1v) is 3.63. The molecule has 0 aliphatic rings. The summed E-state index contributed by atoms with van der Waals surface area (Å²) in [5, 5.41) is 14.3. The van der Waals surface area contributed by atoms with Gasteiger partial charge in [-0.15, -0.1) is 0 Å². The second-order valence-corrected chi connectivity index (χ2v) is 2.41. The highest BCUT2D eigenvalue weighted by atomic mass is 16.4. The number of nitrogens with one attached hydrogen (secondary N) is 1. The Balaban J connectivity index is 0. The fourth-order valence-electron chi connectivity index (χ4n) is 0.421. The molecule has 0 bridgehead atoms. The monoisotopic (exact) mass is 205 g/mol. The molecule has 8 heteroatoms. The van der Waals surface area contributed by atoms with E-state index in [0.717, 1.165) is 0 Å². The predicted octanol–water partition coefficient (Wildman–Crippen LogP) is -2.50. The highest BCUT2D eigenvalue weighted by molar-refractivity contribution is 5.76. The van der Waals surface area contributed by atoms with Crippen LogP contribution in [-0.2, 0) is 9.59 Å². The van der Waals surface area contributed by atoms with E-state index in [4.69, 9.17) is 22.0 Å². The molecule has 0 fully saturated rings. The number of primary amides is 1. The summed E-state index contributed by atoms with van der Waals surface area (Å²) in [7, 11) is 0. The lowest BCUT2D eigenvalue weighted by Crippen LogP contribution is -2.31. The standard InChI is InChI=1S/C5H10N2O3.CH5N3/c6-3(5(9)10)1-2-4(7)8;2-1(3)4/h3H,1-2,6H2,(H2,7,8)(H,9,10);(H5,2,3,4)/t3-;/m0./s1. The second kappa shape index (κ2) is 7.80. The number of guanidine groups is 1. The van der Waals surface area contributed by atoms with Gasteiger partial charge in [0.1, 0.15) is 6.04 Å². The number of hydrogen-bond acceptors (Lipinski definition) is 4. The Labute approximate surface area is 80.7 Å². The zero-order chi connectivity index (χ0) is 11.7. The molecule has 0 aromatic heterocycles. The maximum absolute atomic E-state index is 10.1. The minimum atomic E-state index is -1.11. The van der Waals surface area contributed by atoms with Crippen molar-refractivity contribution in [1.29, 1.82) is 5.41 Å². The number of nitrogens with two attached hydrogens (primary N) is 4. The summed E-state index contributed by atoms with van der Waals surface area (Å²) in [6.07, 6.45) is 0.123. The van der Waals surface area contributed by atoms with Gasteiger partial charge in [-0.1, -0.05) is 0 Å². The van der Waals surface area contributed by atoms with Crippen LogP contribution in [0.25, 0.3) is 0 Å². The topological polar surface area (TPSA) is 182 Å². The molecule has 0 radical (unpaired) electrons. The van der Waals surface area contributed by atoms with Gasteiger partial charge in [0.25, 0.3) is 0 Å². The van der Waals surface area contributed by atoms with E-state index >= 15 is 0 Å². The number of amides is 1. The molecule has 10 N–H and O–H groups in total. The number of carboxylic acid groups (broad SMARTS) is 1. The van der Waals surface area contributed by atoms with Crippen molar-refractivity contribution in [1.82, 2.24) is 0 Å². The van der Waals surface area contributed by atoms with E-state index < -0.39 is 17.9 Å². The van der Waals surface area contributed by atoms with E-state index in [-0.39, 0.29) is 18.8 Å². The molecule has 1 amide bonds. The third kappa shape index (κ3) is 16.6. The predicted molar refractivity (Wildman–Crippen MR) is 50.1 cm³/mol. The lowest BCUT2D eigenvalue weighted by atomic mass is 10.2. The molecule has 0 aromatic rings. The van der Waals surface area contributed by atoms with E-state index in [1.807, 2.05) is 0 Å². The van der Waals surface area contributed by atoms with Crippen LogP contribution in [0.3, 0.4) is 0 Å². The number of carbonyl (C=O) groups excluding carboxylic acids is 1. The van der Waals surface area contributed by atoms with Crippen LogP contribution < -0.4 is 22.9 Å². The minimum Gasteiger partial charge on any atom is -0.480 e. The van der Waals surface area contributed by atoms with Gasteiger partial charge in [-0.3, -0.25) is 15.0 Å². The van der Waals surface area contributed by atoms with Crippen molar-refractivity contribution in [3.63, 3.8) is 0 Å². The fraction of sp³-hybridized carbons (Fsp3) is 0.500. The lowest BCUT2D eigenvalue weighted by molar-refractivity contribution is -0.138. The van der Waals surface area contributed by atoms with Crippen LogP contribution in [0.2, 0.25) is 0 Å². The van der Waals surface area contributed by atoms with Gasteiger partial charge in [-0.05, 0) is 6.42 Å². The summed E-state index contributed by atoms with van der Waals surface area (Å²) in [5.74, 6) is -1.97. The molecule has 8 nitrogen and oxygen atoms in total. The van der Waals surface area contributed by atoms with Gasteiger partial charge in [0, 0.05) is 6.42 Å². The van der Waals surface area contributed by atoms with E-state index in [9.17, 15) is 9.59 Å². The first kappa shape index (κ1) is 14.7. The molecule has 82 valence electrons. The normalized spacial score (nSPS) is 10.6. The summed E-state index contributed by atoms with van der Waals surface area (Å²) in [6.45, 7) is 0. The fourth-order valence-corrected chi connectivity index (χ4v) is 0.421. The van der Waals surface area contributed by atoms with Crippen molar-refractivity contribution in [2.45, 2.75) is 18.9 Å². The average molecular weight is 205 g/mol. The Hall–Kier alpha value is -1.83. The third-order valence-corrected chi connectivity index (χ3v) is 1.02. The molecule has 0 aliphatic carbocycles. The largest absolute Gasteiger partial charge is 0.480 e. The SMILES string of the molecule is N=C(N)N.NC(=O)CC[C@H](N)C(=O)O. The summed E-state index contributed by atoms with van der Waals surface area (Å²) in [6, 6.07) is -0.979. The smallest absolute Gasteiger partial charge is 0.320 e. The van der Waals surface area contributed by atoms with E-state index in [1.165, 1.54) is 0 Å². The molecular weight excluding hydrogens is 190 g/mol. The molecule has 0 saturated heterocycles. The van der Waals surface area contributed by atoms with Crippen LogP contribution in [0, 0.1) is 5.41 Å². The highest BCUT2D eigenvalue weighted by Crippen LogP contribution is 1.92. The summed E-state index contributed by atoms with van der Waals surface area (Å²) < 4.78 is 0. The van der Waals surface area contributed by atoms with Crippen LogP contribution in [0.1, 0.15) is 12.8 Å². The van der Waals surface area contributed by atoms with Gasteiger partial charge in [0.05, 0.1) is 0 Å². The lowest BCUT2D eigenvalue weighted by Gasteiger charge is -2.01. The van der Waals surface area contributed by atoms with Crippen LogP contribution >= 0.6 is 0 Å². The molecule has 14 heavy (non-hydrogen) atoms. The molecule has 0 saturated carbocycles. The highest BCUT2D eigenvalue weighted by Gasteiger charge is 2.11. The van der Waals surface area contributed by atoms with Crippen LogP contribution in [0.4, 0.5) is 0 Å². The molecular formula is C6H15N5O3. The Kier molecular flexibility index (Phi) is 8.18. The molecule has 0 aromatic carbocycles. The van der Waals surface area contributed by atoms with Crippen LogP contribution in [0.5, 0.6) is 0 Å². The zero-order valence-corrected chi connectivity index (χ0v) is 7.56. The minimum absolute atomic E-state index is 0.0213. The number of carboxylic acids is 1. The number of carbonyl (C=O) groups is 2. The Morgan fingerprint density at radius 1 is 1.29 bits per heavy atom. The molecule has 0 spiro atoms.